The van der Waals surface area contributed by atoms with Crippen molar-refractivity contribution >= 4 is 5.57 Å². The molecule has 0 radical (unpaired) electrons. The molecule has 1 aliphatic rings. The molecule has 0 amide bonds. The molecule has 3 aromatic carbocycles. The van der Waals surface area contributed by atoms with E-state index in [0.717, 1.165) is 37.4 Å². The van der Waals surface area contributed by atoms with Gasteiger partial charge in [-0.15, -0.1) is 0 Å². The summed E-state index contributed by atoms with van der Waals surface area (Å²) in [4.78, 5) is 1.55. The van der Waals surface area contributed by atoms with Gasteiger partial charge in [-0.1, -0.05) is 42.5 Å². The van der Waals surface area contributed by atoms with Gasteiger partial charge >= 0.3 is 0 Å². The van der Waals surface area contributed by atoms with E-state index in [4.69, 9.17) is 4.74 Å². The minimum Gasteiger partial charge on any atom is -0.489 e. The first-order valence-corrected chi connectivity index (χ1v) is 9.80. The van der Waals surface area contributed by atoms with Crippen molar-refractivity contribution in [3.8, 4) is 5.75 Å². The molecule has 1 heterocycles. The normalized spacial score (nSPS) is 16.5. The van der Waals surface area contributed by atoms with E-state index in [1.807, 2.05) is 30.3 Å². The summed E-state index contributed by atoms with van der Waals surface area (Å²) in [6.07, 6.45) is 3.32. The highest BCUT2D eigenvalue weighted by atomic mass is 19.1. The number of halogens is 1. The van der Waals surface area contributed by atoms with Crippen molar-refractivity contribution in [2.75, 3.05) is 13.1 Å². The molecule has 3 heteroatoms. The van der Waals surface area contributed by atoms with Gasteiger partial charge in [-0.2, -0.15) is 0 Å². The first-order valence-electron chi connectivity index (χ1n) is 9.80. The first-order chi connectivity index (χ1) is 13.8. The molecule has 3 aromatic rings. The van der Waals surface area contributed by atoms with Crippen LogP contribution in [-0.4, -0.2) is 13.1 Å². The molecular formula is C25H25FNO+. The predicted molar refractivity (Wildman–Crippen MR) is 111 cm³/mol. The zero-order chi connectivity index (χ0) is 19.2. The van der Waals surface area contributed by atoms with Crippen molar-refractivity contribution in [2.24, 2.45) is 0 Å². The molecule has 0 bridgehead atoms. The van der Waals surface area contributed by atoms with Crippen LogP contribution in [0.15, 0.2) is 84.9 Å². The van der Waals surface area contributed by atoms with Crippen molar-refractivity contribution in [3.63, 3.8) is 0 Å². The lowest BCUT2D eigenvalue weighted by atomic mass is 9.99. The van der Waals surface area contributed by atoms with Crippen LogP contribution in [0.2, 0.25) is 0 Å². The maximum Gasteiger partial charge on any atom is 0.123 e. The number of nitrogens with one attached hydrogen (secondary N) is 1. The Bertz CT molecular complexity index is 917. The minimum atomic E-state index is -0.177. The van der Waals surface area contributed by atoms with Gasteiger partial charge in [0.2, 0.25) is 0 Å². The summed E-state index contributed by atoms with van der Waals surface area (Å²) in [5.41, 5.74) is 4.96. The number of hydrogen-bond donors (Lipinski definition) is 1. The quantitative estimate of drug-likeness (QED) is 0.680. The summed E-state index contributed by atoms with van der Waals surface area (Å²) >= 11 is 0. The standard InChI is InChI=1S/C25H24FNO/c26-24-10-8-22(9-11-24)23-14-16-27(17-15-23)18-20-6-12-25(13-7-20)28-19-21-4-2-1-3-5-21/h1-14H,15-19H2/p+1. The van der Waals surface area contributed by atoms with E-state index in [-0.39, 0.29) is 5.82 Å². The van der Waals surface area contributed by atoms with Crippen LogP contribution in [0.1, 0.15) is 23.1 Å². The molecule has 28 heavy (non-hydrogen) atoms. The van der Waals surface area contributed by atoms with Crippen molar-refractivity contribution in [3.05, 3.63) is 107 Å². The van der Waals surface area contributed by atoms with Crippen LogP contribution in [0.5, 0.6) is 5.75 Å². The third-order valence-corrected chi connectivity index (χ3v) is 5.23. The van der Waals surface area contributed by atoms with Gasteiger partial charge in [0.25, 0.3) is 0 Å². The van der Waals surface area contributed by atoms with Crippen molar-refractivity contribution in [2.45, 2.75) is 19.6 Å². The Morgan fingerprint density at radius 1 is 0.821 bits per heavy atom. The van der Waals surface area contributed by atoms with E-state index in [1.54, 1.807) is 4.90 Å². The largest absolute Gasteiger partial charge is 0.489 e. The summed E-state index contributed by atoms with van der Waals surface area (Å²) in [7, 11) is 0. The van der Waals surface area contributed by atoms with E-state index in [2.05, 4.69) is 42.5 Å². The molecule has 1 aliphatic heterocycles. The SMILES string of the molecule is Fc1ccc(C2=CC[NH+](Cc3ccc(OCc4ccccc4)cc3)CC2)cc1. The Balaban J connectivity index is 1.29. The lowest BCUT2D eigenvalue weighted by molar-refractivity contribution is -0.908. The van der Waals surface area contributed by atoms with E-state index < -0.39 is 0 Å². The smallest absolute Gasteiger partial charge is 0.123 e. The highest BCUT2D eigenvalue weighted by Crippen LogP contribution is 2.19. The van der Waals surface area contributed by atoms with Gasteiger partial charge < -0.3 is 9.64 Å². The fourth-order valence-corrected chi connectivity index (χ4v) is 3.60. The molecule has 142 valence electrons. The molecule has 0 saturated carbocycles. The Kier molecular flexibility index (Phi) is 5.83. The molecule has 0 aromatic heterocycles. The van der Waals surface area contributed by atoms with Crippen molar-refractivity contribution < 1.29 is 14.0 Å². The van der Waals surface area contributed by atoms with Crippen molar-refractivity contribution in [1.82, 2.24) is 0 Å². The van der Waals surface area contributed by atoms with Gasteiger partial charge in [0.05, 0.1) is 13.1 Å². The fourth-order valence-electron chi connectivity index (χ4n) is 3.60. The molecule has 0 aliphatic carbocycles. The van der Waals surface area contributed by atoms with Crippen LogP contribution < -0.4 is 9.64 Å². The van der Waals surface area contributed by atoms with Crippen LogP contribution in [-0.2, 0) is 13.2 Å². The number of benzene rings is 3. The van der Waals surface area contributed by atoms with E-state index >= 15 is 0 Å². The highest BCUT2D eigenvalue weighted by molar-refractivity contribution is 5.65. The fraction of sp³-hybridized carbons (Fsp3) is 0.200. The first kappa shape index (κ1) is 18.5. The number of hydrogen-bond acceptors (Lipinski definition) is 1. The highest BCUT2D eigenvalue weighted by Gasteiger charge is 2.16. The molecule has 1 atom stereocenters. The van der Waals surface area contributed by atoms with Gasteiger partial charge in [0.1, 0.15) is 24.7 Å². The minimum absolute atomic E-state index is 0.177. The second-order valence-corrected chi connectivity index (χ2v) is 7.29. The molecule has 0 saturated heterocycles. The second kappa shape index (κ2) is 8.85. The third kappa shape index (κ3) is 4.87. The van der Waals surface area contributed by atoms with Crippen LogP contribution >= 0.6 is 0 Å². The Labute approximate surface area is 165 Å². The average molecular weight is 374 g/mol. The summed E-state index contributed by atoms with van der Waals surface area (Å²) in [5, 5.41) is 0. The number of ether oxygens (including phenoxy) is 1. The molecule has 1 N–H and O–H groups in total. The zero-order valence-corrected chi connectivity index (χ0v) is 15.9. The van der Waals surface area contributed by atoms with Crippen LogP contribution in [0.4, 0.5) is 4.39 Å². The lowest BCUT2D eigenvalue weighted by Gasteiger charge is -2.24. The summed E-state index contributed by atoms with van der Waals surface area (Å²) < 4.78 is 19.0. The van der Waals surface area contributed by atoms with Crippen LogP contribution in [0.3, 0.4) is 0 Å². The van der Waals surface area contributed by atoms with Gasteiger partial charge in [-0.05, 0) is 59.2 Å². The zero-order valence-electron chi connectivity index (χ0n) is 15.9. The Morgan fingerprint density at radius 3 is 2.25 bits per heavy atom. The molecular weight excluding hydrogens is 349 g/mol. The van der Waals surface area contributed by atoms with E-state index in [0.29, 0.717) is 6.61 Å². The number of quaternary nitrogens is 1. The van der Waals surface area contributed by atoms with Crippen LogP contribution in [0.25, 0.3) is 5.57 Å². The van der Waals surface area contributed by atoms with E-state index in [9.17, 15) is 4.39 Å². The molecule has 4 rings (SSSR count). The summed E-state index contributed by atoms with van der Waals surface area (Å²) in [6.45, 7) is 3.69. The van der Waals surface area contributed by atoms with Crippen LogP contribution in [0, 0.1) is 5.82 Å². The second-order valence-electron chi connectivity index (χ2n) is 7.29. The monoisotopic (exact) mass is 374 g/mol. The summed E-state index contributed by atoms with van der Waals surface area (Å²) in [5.74, 6) is 0.725. The maximum absolute atomic E-state index is 13.1. The van der Waals surface area contributed by atoms with E-state index in [1.165, 1.54) is 28.8 Å². The van der Waals surface area contributed by atoms with Gasteiger partial charge in [-0.3, -0.25) is 0 Å². The van der Waals surface area contributed by atoms with Gasteiger partial charge in [-0.25, -0.2) is 4.39 Å². The maximum atomic E-state index is 13.1. The number of rotatable bonds is 6. The Hall–Kier alpha value is -2.91. The topological polar surface area (TPSA) is 13.7 Å². The van der Waals surface area contributed by atoms with Gasteiger partial charge in [0, 0.05) is 12.0 Å². The Morgan fingerprint density at radius 2 is 1.57 bits per heavy atom. The van der Waals surface area contributed by atoms with Crippen molar-refractivity contribution in [1.29, 1.82) is 0 Å². The average Bonchev–Trinajstić information content (AvgIpc) is 2.75. The molecule has 0 spiro atoms. The predicted octanol–water partition coefficient (Wildman–Crippen LogP) is 4.28. The lowest BCUT2D eigenvalue weighted by Crippen LogP contribution is -3.11. The molecule has 1 unspecified atom stereocenters. The van der Waals surface area contributed by atoms with Gasteiger partial charge in [0.15, 0.2) is 0 Å². The summed E-state index contributed by atoms with van der Waals surface area (Å²) in [6, 6.07) is 25.5. The molecule has 0 fully saturated rings. The molecule has 2 nitrogen and oxygen atoms in total. The third-order valence-electron chi connectivity index (χ3n) is 5.23.